The molecule has 1 aliphatic rings. The van der Waals surface area contributed by atoms with Crippen LogP contribution in [0, 0.1) is 18.3 Å². The first-order chi connectivity index (χ1) is 9.50. The van der Waals surface area contributed by atoms with Gasteiger partial charge in [0.1, 0.15) is 6.29 Å². The van der Waals surface area contributed by atoms with Crippen molar-refractivity contribution in [1.29, 1.82) is 5.26 Å². The largest absolute Gasteiger partial charge is 0.302 e. The van der Waals surface area contributed by atoms with Gasteiger partial charge in [-0.15, -0.1) is 0 Å². The normalized spacial score (nSPS) is 20.3. The average molecular weight is 292 g/mol. The number of hydrogen-bond donors (Lipinski definition) is 0. The van der Waals surface area contributed by atoms with Crippen molar-refractivity contribution in [1.82, 2.24) is 4.31 Å². The fourth-order valence-electron chi connectivity index (χ4n) is 2.44. The van der Waals surface area contributed by atoms with Gasteiger partial charge in [-0.2, -0.15) is 9.57 Å². The molecular weight excluding hydrogens is 276 g/mol. The summed E-state index contributed by atoms with van der Waals surface area (Å²) in [4.78, 5) is 11.2. The van der Waals surface area contributed by atoms with Crippen molar-refractivity contribution < 1.29 is 13.2 Å². The molecule has 1 aromatic carbocycles. The number of benzene rings is 1. The second kappa shape index (κ2) is 5.73. The van der Waals surface area contributed by atoms with Crippen molar-refractivity contribution in [2.24, 2.45) is 0 Å². The number of hydrogen-bond acceptors (Lipinski definition) is 4. The van der Waals surface area contributed by atoms with E-state index >= 15 is 0 Å². The Morgan fingerprint density at radius 3 is 2.80 bits per heavy atom. The third-order valence-corrected chi connectivity index (χ3v) is 5.63. The smallest absolute Gasteiger partial charge is 0.244 e. The lowest BCUT2D eigenvalue weighted by atomic mass is 10.1. The van der Waals surface area contributed by atoms with E-state index in [1.807, 2.05) is 6.07 Å². The van der Waals surface area contributed by atoms with Crippen LogP contribution in [0.1, 0.15) is 30.4 Å². The monoisotopic (exact) mass is 292 g/mol. The number of nitriles is 1. The topological polar surface area (TPSA) is 78.2 Å². The SMILES string of the molecule is Cc1ccc(C#N)cc1S(=O)(=O)N1CCCCC1C=O. The highest BCUT2D eigenvalue weighted by molar-refractivity contribution is 7.89. The summed E-state index contributed by atoms with van der Waals surface area (Å²) < 4.78 is 26.7. The molecule has 0 bridgehead atoms. The van der Waals surface area contributed by atoms with Crippen LogP contribution in [0.5, 0.6) is 0 Å². The minimum absolute atomic E-state index is 0.116. The van der Waals surface area contributed by atoms with Gasteiger partial charge in [0.05, 0.1) is 22.6 Å². The molecule has 6 heteroatoms. The molecule has 1 aromatic rings. The first-order valence-electron chi connectivity index (χ1n) is 6.48. The maximum atomic E-state index is 12.7. The third-order valence-electron chi connectivity index (χ3n) is 3.56. The van der Waals surface area contributed by atoms with Crippen LogP contribution in [0.2, 0.25) is 0 Å². The van der Waals surface area contributed by atoms with E-state index < -0.39 is 16.1 Å². The van der Waals surface area contributed by atoms with E-state index in [0.29, 0.717) is 30.4 Å². The molecule has 1 saturated heterocycles. The molecule has 20 heavy (non-hydrogen) atoms. The molecule has 0 saturated carbocycles. The molecular formula is C14H16N2O3S. The number of aldehydes is 1. The van der Waals surface area contributed by atoms with Crippen LogP contribution in [0.4, 0.5) is 0 Å². The molecule has 1 aliphatic heterocycles. The van der Waals surface area contributed by atoms with Gasteiger partial charge in [-0.1, -0.05) is 12.5 Å². The Balaban J connectivity index is 2.49. The van der Waals surface area contributed by atoms with Crippen LogP contribution in [0.3, 0.4) is 0 Å². The first-order valence-corrected chi connectivity index (χ1v) is 7.92. The number of rotatable bonds is 3. The van der Waals surface area contributed by atoms with Crippen molar-refractivity contribution in [3.8, 4) is 6.07 Å². The molecule has 1 atom stereocenters. The van der Waals surface area contributed by atoms with E-state index in [2.05, 4.69) is 0 Å². The fraction of sp³-hybridized carbons (Fsp3) is 0.429. The Hall–Kier alpha value is -1.71. The average Bonchev–Trinajstić information content (AvgIpc) is 2.47. The predicted octanol–water partition coefficient (Wildman–Crippen LogP) is 1.61. The summed E-state index contributed by atoms with van der Waals surface area (Å²) in [7, 11) is -3.74. The van der Waals surface area contributed by atoms with Gasteiger partial charge in [0, 0.05) is 6.54 Å². The first kappa shape index (κ1) is 14.7. The van der Waals surface area contributed by atoms with Crippen LogP contribution in [-0.4, -0.2) is 31.6 Å². The lowest BCUT2D eigenvalue weighted by Crippen LogP contribution is -2.44. The van der Waals surface area contributed by atoms with E-state index in [-0.39, 0.29) is 4.90 Å². The number of carbonyl (C=O) groups excluding carboxylic acids is 1. The van der Waals surface area contributed by atoms with Gasteiger partial charge in [0.15, 0.2) is 0 Å². The van der Waals surface area contributed by atoms with Crippen molar-refractivity contribution in [2.45, 2.75) is 37.1 Å². The highest BCUT2D eigenvalue weighted by Gasteiger charge is 2.34. The molecule has 0 aliphatic carbocycles. The zero-order chi connectivity index (χ0) is 14.8. The van der Waals surface area contributed by atoms with E-state index in [0.717, 1.165) is 12.8 Å². The van der Waals surface area contributed by atoms with E-state index in [9.17, 15) is 13.2 Å². The number of carbonyl (C=O) groups is 1. The van der Waals surface area contributed by atoms with Gasteiger partial charge >= 0.3 is 0 Å². The fourth-order valence-corrected chi connectivity index (χ4v) is 4.32. The number of nitrogens with zero attached hydrogens (tertiary/aromatic N) is 2. The molecule has 0 amide bonds. The summed E-state index contributed by atoms with van der Waals surface area (Å²) in [5, 5.41) is 8.91. The zero-order valence-electron chi connectivity index (χ0n) is 11.2. The van der Waals surface area contributed by atoms with E-state index in [4.69, 9.17) is 5.26 Å². The summed E-state index contributed by atoms with van der Waals surface area (Å²) in [6.45, 7) is 2.04. The van der Waals surface area contributed by atoms with Gasteiger partial charge in [0.25, 0.3) is 0 Å². The highest BCUT2D eigenvalue weighted by atomic mass is 32.2. The molecule has 2 rings (SSSR count). The lowest BCUT2D eigenvalue weighted by molar-refractivity contribution is -0.111. The van der Waals surface area contributed by atoms with Crippen molar-refractivity contribution >= 4 is 16.3 Å². The molecule has 0 aromatic heterocycles. The number of piperidine rings is 1. The van der Waals surface area contributed by atoms with Crippen molar-refractivity contribution in [2.75, 3.05) is 6.54 Å². The summed E-state index contributed by atoms with van der Waals surface area (Å²) in [5.74, 6) is 0. The van der Waals surface area contributed by atoms with Crippen LogP contribution < -0.4 is 0 Å². The Bertz CT molecular complexity index is 661. The van der Waals surface area contributed by atoms with Crippen molar-refractivity contribution in [3.63, 3.8) is 0 Å². The number of aryl methyl sites for hydroxylation is 1. The van der Waals surface area contributed by atoms with Crippen molar-refractivity contribution in [3.05, 3.63) is 29.3 Å². The van der Waals surface area contributed by atoms with Crippen LogP contribution in [0.15, 0.2) is 23.1 Å². The molecule has 1 heterocycles. The van der Waals surface area contributed by atoms with Gasteiger partial charge < -0.3 is 4.79 Å². The Morgan fingerprint density at radius 1 is 1.40 bits per heavy atom. The van der Waals surface area contributed by atoms with E-state index in [1.54, 1.807) is 19.1 Å². The summed E-state index contributed by atoms with van der Waals surface area (Å²) in [6.07, 6.45) is 2.85. The zero-order valence-corrected chi connectivity index (χ0v) is 12.1. The van der Waals surface area contributed by atoms with Gasteiger partial charge in [0.2, 0.25) is 10.0 Å². The van der Waals surface area contributed by atoms with Gasteiger partial charge in [-0.05, 0) is 37.5 Å². The molecule has 1 fully saturated rings. The molecule has 1 unspecified atom stereocenters. The second-order valence-corrected chi connectivity index (χ2v) is 6.77. The summed E-state index contributed by atoms with van der Waals surface area (Å²) >= 11 is 0. The minimum atomic E-state index is -3.74. The molecule has 0 N–H and O–H groups in total. The molecule has 5 nitrogen and oxygen atoms in total. The minimum Gasteiger partial charge on any atom is -0.302 e. The Kier molecular flexibility index (Phi) is 4.21. The second-order valence-electron chi connectivity index (χ2n) is 4.91. The maximum Gasteiger partial charge on any atom is 0.244 e. The van der Waals surface area contributed by atoms with E-state index in [1.165, 1.54) is 10.4 Å². The molecule has 106 valence electrons. The molecule has 0 radical (unpaired) electrons. The maximum absolute atomic E-state index is 12.7. The summed E-state index contributed by atoms with van der Waals surface area (Å²) in [5.41, 5.74) is 0.882. The standard InChI is InChI=1S/C14H16N2O3S/c1-11-5-6-12(9-15)8-14(11)20(18,19)16-7-3-2-4-13(16)10-17/h5-6,8,10,13H,2-4,7H2,1H3. The third kappa shape index (κ3) is 2.60. The Labute approximate surface area is 118 Å². The van der Waals surface area contributed by atoms with Crippen LogP contribution in [0.25, 0.3) is 0 Å². The molecule has 0 spiro atoms. The Morgan fingerprint density at radius 2 is 2.15 bits per heavy atom. The predicted molar refractivity (Wildman–Crippen MR) is 73.5 cm³/mol. The van der Waals surface area contributed by atoms with Crippen LogP contribution >= 0.6 is 0 Å². The lowest BCUT2D eigenvalue weighted by Gasteiger charge is -2.31. The highest BCUT2D eigenvalue weighted by Crippen LogP contribution is 2.27. The quantitative estimate of drug-likeness (QED) is 0.793. The van der Waals surface area contributed by atoms with Gasteiger partial charge in [-0.25, -0.2) is 8.42 Å². The summed E-state index contributed by atoms with van der Waals surface area (Å²) in [6, 6.07) is 5.92. The van der Waals surface area contributed by atoms with Gasteiger partial charge in [-0.3, -0.25) is 0 Å². The number of sulfonamides is 1. The van der Waals surface area contributed by atoms with Crippen LogP contribution in [-0.2, 0) is 14.8 Å².